The first-order valence-corrected chi connectivity index (χ1v) is 9.76. The van der Waals surface area contributed by atoms with Gasteiger partial charge in [-0.15, -0.1) is 10.2 Å². The van der Waals surface area contributed by atoms with Gasteiger partial charge in [0.05, 0.1) is 5.75 Å². The number of amides is 1. The molecule has 2 N–H and O–H groups in total. The lowest BCUT2D eigenvalue weighted by atomic mass is 10.2. The second kappa shape index (κ2) is 8.98. The molecule has 1 heterocycles. The zero-order valence-corrected chi connectivity index (χ0v) is 15.8. The molecular weight excluding hydrogens is 342 g/mol. The van der Waals surface area contributed by atoms with Gasteiger partial charge in [0.25, 0.3) is 0 Å². The predicted molar refractivity (Wildman–Crippen MR) is 99.5 cm³/mol. The number of aromatic nitrogens is 3. The van der Waals surface area contributed by atoms with E-state index in [1.807, 2.05) is 32.0 Å². The molecule has 1 aromatic carbocycles. The Kier molecular flexibility index (Phi) is 6.99. The Labute approximate surface area is 151 Å². The predicted octanol–water partition coefficient (Wildman–Crippen LogP) is 2.81. The zero-order chi connectivity index (χ0) is 17.5. The lowest BCUT2D eigenvalue weighted by molar-refractivity contribution is -0.127. The summed E-state index contributed by atoms with van der Waals surface area (Å²) < 4.78 is 1.46. The van der Waals surface area contributed by atoms with E-state index in [1.165, 1.54) is 22.0 Å². The molecule has 1 amide bonds. The number of nitrogens with zero attached hydrogens (tertiary/aromatic N) is 4. The van der Waals surface area contributed by atoms with Crippen LogP contribution in [0, 0.1) is 0 Å². The van der Waals surface area contributed by atoms with Gasteiger partial charge in [0, 0.05) is 18.3 Å². The smallest absolute Gasteiger partial charge is 0.233 e. The van der Waals surface area contributed by atoms with E-state index in [4.69, 9.17) is 5.84 Å². The number of carbonyl (C=O) groups is 1. The third-order valence-corrected chi connectivity index (χ3v) is 5.67. The largest absolute Gasteiger partial charge is 0.343 e. The van der Waals surface area contributed by atoms with Gasteiger partial charge in [-0.25, -0.2) is 4.68 Å². The average molecular weight is 366 g/mol. The van der Waals surface area contributed by atoms with Crippen molar-refractivity contribution in [1.29, 1.82) is 0 Å². The van der Waals surface area contributed by atoms with Crippen molar-refractivity contribution in [3.05, 3.63) is 35.9 Å². The monoisotopic (exact) mass is 365 g/mol. The Morgan fingerprint density at radius 1 is 1.21 bits per heavy atom. The third-order valence-electron chi connectivity index (χ3n) is 3.63. The SMILES string of the molecule is CCN(CC)C(=O)CSc1nnc(SC(C)c2ccccc2)n1N. The number of thioether (sulfide) groups is 2. The minimum Gasteiger partial charge on any atom is -0.343 e. The van der Waals surface area contributed by atoms with Crippen molar-refractivity contribution in [2.45, 2.75) is 36.3 Å². The Morgan fingerprint density at radius 2 is 1.83 bits per heavy atom. The fraction of sp³-hybridized carbons (Fsp3) is 0.438. The number of carbonyl (C=O) groups excluding carboxylic acids is 1. The molecule has 0 spiro atoms. The zero-order valence-electron chi connectivity index (χ0n) is 14.2. The summed E-state index contributed by atoms with van der Waals surface area (Å²) in [5.41, 5.74) is 1.21. The van der Waals surface area contributed by atoms with Crippen LogP contribution in [0.15, 0.2) is 40.6 Å². The van der Waals surface area contributed by atoms with Gasteiger partial charge in [-0.05, 0) is 26.3 Å². The molecule has 2 rings (SSSR count). The van der Waals surface area contributed by atoms with E-state index in [0.29, 0.717) is 29.2 Å². The van der Waals surface area contributed by atoms with Gasteiger partial charge in [-0.1, -0.05) is 53.9 Å². The summed E-state index contributed by atoms with van der Waals surface area (Å²) in [6.45, 7) is 7.46. The third kappa shape index (κ3) is 4.67. The number of nitrogen functional groups attached to an aromatic ring is 1. The topological polar surface area (TPSA) is 77.0 Å². The molecule has 0 radical (unpaired) electrons. The van der Waals surface area contributed by atoms with Crippen molar-refractivity contribution in [1.82, 2.24) is 19.8 Å². The van der Waals surface area contributed by atoms with Gasteiger partial charge in [0.2, 0.25) is 16.2 Å². The van der Waals surface area contributed by atoms with Crippen LogP contribution in [0.25, 0.3) is 0 Å². The summed E-state index contributed by atoms with van der Waals surface area (Å²) in [7, 11) is 0. The van der Waals surface area contributed by atoms with E-state index in [-0.39, 0.29) is 11.2 Å². The minimum atomic E-state index is 0.0832. The fourth-order valence-electron chi connectivity index (χ4n) is 2.19. The van der Waals surface area contributed by atoms with Crippen molar-refractivity contribution in [3.8, 4) is 0 Å². The molecule has 1 unspecified atom stereocenters. The molecular formula is C16H23N5OS2. The van der Waals surface area contributed by atoms with Crippen LogP contribution in [0.1, 0.15) is 31.6 Å². The molecule has 8 heteroatoms. The Hall–Kier alpha value is -1.67. The highest BCUT2D eigenvalue weighted by molar-refractivity contribution is 8.00. The molecule has 1 aromatic heterocycles. The molecule has 0 fully saturated rings. The highest BCUT2D eigenvalue weighted by Gasteiger charge is 2.17. The van der Waals surface area contributed by atoms with Crippen LogP contribution in [0.3, 0.4) is 0 Å². The van der Waals surface area contributed by atoms with Crippen LogP contribution in [-0.2, 0) is 4.79 Å². The number of hydrogen-bond donors (Lipinski definition) is 1. The van der Waals surface area contributed by atoms with E-state index in [2.05, 4.69) is 29.3 Å². The quantitative estimate of drug-likeness (QED) is 0.572. The molecule has 130 valence electrons. The lowest BCUT2D eigenvalue weighted by Gasteiger charge is -2.17. The molecule has 0 saturated heterocycles. The van der Waals surface area contributed by atoms with Crippen LogP contribution < -0.4 is 5.84 Å². The molecule has 0 aliphatic rings. The average Bonchev–Trinajstić information content (AvgIpc) is 2.95. The normalized spacial score (nSPS) is 12.1. The van der Waals surface area contributed by atoms with E-state index in [0.717, 1.165) is 0 Å². The van der Waals surface area contributed by atoms with Crippen molar-refractivity contribution >= 4 is 29.4 Å². The maximum absolute atomic E-state index is 12.1. The number of nitrogens with two attached hydrogens (primary N) is 1. The summed E-state index contributed by atoms with van der Waals surface area (Å²) in [6, 6.07) is 10.2. The first-order valence-electron chi connectivity index (χ1n) is 7.89. The van der Waals surface area contributed by atoms with Crippen molar-refractivity contribution in [3.63, 3.8) is 0 Å². The van der Waals surface area contributed by atoms with Gasteiger partial charge in [0.1, 0.15) is 0 Å². The number of hydrogen-bond acceptors (Lipinski definition) is 6. The van der Waals surface area contributed by atoms with E-state index in [9.17, 15) is 4.79 Å². The first-order chi connectivity index (χ1) is 11.6. The molecule has 0 aliphatic heterocycles. The lowest BCUT2D eigenvalue weighted by Crippen LogP contribution is -2.32. The van der Waals surface area contributed by atoms with Gasteiger partial charge in [-0.2, -0.15) is 0 Å². The van der Waals surface area contributed by atoms with Crippen molar-refractivity contribution in [2.75, 3.05) is 24.7 Å². The van der Waals surface area contributed by atoms with E-state index >= 15 is 0 Å². The fourth-order valence-corrected chi connectivity index (χ4v) is 3.90. The van der Waals surface area contributed by atoms with Crippen LogP contribution in [0.5, 0.6) is 0 Å². The summed E-state index contributed by atoms with van der Waals surface area (Å²) in [5.74, 6) is 6.48. The molecule has 6 nitrogen and oxygen atoms in total. The standard InChI is InChI=1S/C16H23N5OS2/c1-4-20(5-2)14(22)11-23-15-18-19-16(21(15)17)24-12(3)13-9-7-6-8-10-13/h6-10,12H,4-5,11,17H2,1-3H3. The molecule has 2 aromatic rings. The van der Waals surface area contributed by atoms with Gasteiger partial charge >= 0.3 is 0 Å². The summed E-state index contributed by atoms with van der Waals surface area (Å²) in [5, 5.41) is 9.67. The second-order valence-corrected chi connectivity index (χ2v) is 7.41. The number of benzene rings is 1. The maximum Gasteiger partial charge on any atom is 0.233 e. The van der Waals surface area contributed by atoms with Crippen LogP contribution in [0.4, 0.5) is 0 Å². The number of rotatable bonds is 8. The summed E-state index contributed by atoms with van der Waals surface area (Å²) in [4.78, 5) is 13.9. The highest BCUT2D eigenvalue weighted by Crippen LogP contribution is 2.34. The summed E-state index contributed by atoms with van der Waals surface area (Å²) in [6.07, 6.45) is 0. The molecule has 24 heavy (non-hydrogen) atoms. The van der Waals surface area contributed by atoms with Crippen LogP contribution >= 0.6 is 23.5 Å². The Morgan fingerprint density at radius 3 is 2.46 bits per heavy atom. The molecule has 0 saturated carbocycles. The van der Waals surface area contributed by atoms with Crippen LogP contribution in [0.2, 0.25) is 0 Å². The maximum atomic E-state index is 12.1. The first kappa shape index (κ1) is 18.7. The Bertz CT molecular complexity index is 658. The van der Waals surface area contributed by atoms with Gasteiger partial charge in [0.15, 0.2) is 0 Å². The second-order valence-electron chi connectivity index (χ2n) is 5.16. The van der Waals surface area contributed by atoms with Gasteiger partial charge in [-0.3, -0.25) is 4.79 Å². The highest BCUT2D eigenvalue weighted by atomic mass is 32.2. The summed E-state index contributed by atoms with van der Waals surface area (Å²) >= 11 is 2.87. The minimum absolute atomic E-state index is 0.0832. The Balaban J connectivity index is 1.97. The van der Waals surface area contributed by atoms with E-state index in [1.54, 1.807) is 16.7 Å². The van der Waals surface area contributed by atoms with Crippen molar-refractivity contribution < 1.29 is 4.79 Å². The van der Waals surface area contributed by atoms with E-state index < -0.39 is 0 Å². The molecule has 0 bridgehead atoms. The molecule has 1 atom stereocenters. The van der Waals surface area contributed by atoms with Crippen LogP contribution in [-0.4, -0.2) is 44.5 Å². The van der Waals surface area contributed by atoms with Gasteiger partial charge < -0.3 is 10.7 Å². The molecule has 0 aliphatic carbocycles. The van der Waals surface area contributed by atoms with Crippen molar-refractivity contribution in [2.24, 2.45) is 0 Å².